The molecular formula is C20H20O5S. The highest BCUT2D eigenvalue weighted by Crippen LogP contribution is 2.23. The van der Waals surface area contributed by atoms with Crippen molar-refractivity contribution in [1.82, 2.24) is 0 Å². The summed E-state index contributed by atoms with van der Waals surface area (Å²) in [5, 5.41) is 0. The number of carbonyl (C=O) groups is 2. The van der Waals surface area contributed by atoms with E-state index in [2.05, 4.69) is 0 Å². The van der Waals surface area contributed by atoms with Crippen LogP contribution >= 0.6 is 0 Å². The number of esters is 1. The Labute approximate surface area is 152 Å². The summed E-state index contributed by atoms with van der Waals surface area (Å²) < 4.78 is 28.2. The standard InChI is InChI=1S/C20H20O5S/c1-13(19(21)17-7-6-14-4-3-5-16(14)12-17)25-20(22)15-8-10-18(11-9-15)26(2,23)24/h6-13H,3-5H2,1-2H3/t13-/m0/s1. The molecule has 0 heterocycles. The zero-order valence-corrected chi connectivity index (χ0v) is 15.5. The maximum absolute atomic E-state index is 12.5. The number of sulfone groups is 1. The lowest BCUT2D eigenvalue weighted by Crippen LogP contribution is -2.24. The predicted octanol–water partition coefficient (Wildman–Crippen LogP) is 3.01. The van der Waals surface area contributed by atoms with E-state index in [0.717, 1.165) is 25.5 Å². The number of Topliss-reactive ketones (excluding diaryl/α,β-unsaturated/α-hetero) is 1. The van der Waals surface area contributed by atoms with Gasteiger partial charge in [0.15, 0.2) is 15.9 Å². The number of hydrogen-bond donors (Lipinski definition) is 0. The second-order valence-corrected chi connectivity index (χ2v) is 8.56. The molecule has 0 saturated heterocycles. The molecule has 0 bridgehead atoms. The number of aryl methyl sites for hydroxylation is 2. The monoisotopic (exact) mass is 372 g/mol. The lowest BCUT2D eigenvalue weighted by Gasteiger charge is -2.13. The first-order chi connectivity index (χ1) is 12.3. The highest BCUT2D eigenvalue weighted by Gasteiger charge is 2.22. The van der Waals surface area contributed by atoms with Gasteiger partial charge in [-0.1, -0.05) is 12.1 Å². The van der Waals surface area contributed by atoms with Crippen LogP contribution in [0.5, 0.6) is 0 Å². The minimum absolute atomic E-state index is 0.122. The van der Waals surface area contributed by atoms with E-state index in [9.17, 15) is 18.0 Å². The van der Waals surface area contributed by atoms with Crippen molar-refractivity contribution < 1.29 is 22.7 Å². The summed E-state index contributed by atoms with van der Waals surface area (Å²) in [5.41, 5.74) is 3.20. The Morgan fingerprint density at radius 1 is 0.962 bits per heavy atom. The third-order valence-electron chi connectivity index (χ3n) is 4.55. The number of hydrogen-bond acceptors (Lipinski definition) is 5. The van der Waals surface area contributed by atoms with E-state index in [0.29, 0.717) is 5.56 Å². The molecule has 2 aromatic rings. The fourth-order valence-electron chi connectivity index (χ4n) is 3.08. The van der Waals surface area contributed by atoms with E-state index in [1.54, 1.807) is 13.0 Å². The van der Waals surface area contributed by atoms with Crippen molar-refractivity contribution in [1.29, 1.82) is 0 Å². The third kappa shape index (κ3) is 3.85. The molecule has 0 N–H and O–H groups in total. The van der Waals surface area contributed by atoms with Gasteiger partial charge in [-0.3, -0.25) is 4.79 Å². The van der Waals surface area contributed by atoms with Crippen molar-refractivity contribution in [3.8, 4) is 0 Å². The molecular weight excluding hydrogens is 352 g/mol. The Hall–Kier alpha value is -2.47. The third-order valence-corrected chi connectivity index (χ3v) is 5.68. The van der Waals surface area contributed by atoms with Gasteiger partial charge in [0.2, 0.25) is 5.78 Å². The number of carbonyl (C=O) groups excluding carboxylic acids is 2. The quantitative estimate of drug-likeness (QED) is 0.596. The first-order valence-corrected chi connectivity index (χ1v) is 10.3. The molecule has 0 fully saturated rings. The molecule has 136 valence electrons. The number of ether oxygens (including phenoxy) is 1. The molecule has 1 aliphatic rings. The van der Waals surface area contributed by atoms with E-state index >= 15 is 0 Å². The molecule has 5 nitrogen and oxygen atoms in total. The van der Waals surface area contributed by atoms with Crippen LogP contribution in [0.15, 0.2) is 47.4 Å². The molecule has 0 saturated carbocycles. The lowest BCUT2D eigenvalue weighted by molar-refractivity contribution is 0.0318. The fraction of sp³-hybridized carbons (Fsp3) is 0.300. The van der Waals surface area contributed by atoms with Crippen LogP contribution in [-0.4, -0.2) is 32.5 Å². The second-order valence-electron chi connectivity index (χ2n) is 6.55. The van der Waals surface area contributed by atoms with E-state index in [-0.39, 0.29) is 16.2 Å². The van der Waals surface area contributed by atoms with Gasteiger partial charge in [-0.15, -0.1) is 0 Å². The van der Waals surface area contributed by atoms with E-state index < -0.39 is 21.9 Å². The van der Waals surface area contributed by atoms with Crippen molar-refractivity contribution in [2.45, 2.75) is 37.2 Å². The smallest absolute Gasteiger partial charge is 0.338 e. The van der Waals surface area contributed by atoms with Crippen LogP contribution in [-0.2, 0) is 27.4 Å². The Morgan fingerprint density at radius 2 is 1.58 bits per heavy atom. The maximum atomic E-state index is 12.5. The van der Waals surface area contributed by atoms with Gasteiger partial charge in [0, 0.05) is 11.8 Å². The highest BCUT2D eigenvalue weighted by molar-refractivity contribution is 7.90. The van der Waals surface area contributed by atoms with Gasteiger partial charge in [0.25, 0.3) is 0 Å². The summed E-state index contributed by atoms with van der Waals surface area (Å²) >= 11 is 0. The predicted molar refractivity (Wildman–Crippen MR) is 97.2 cm³/mol. The number of fused-ring (bicyclic) bond motifs is 1. The van der Waals surface area contributed by atoms with E-state index in [4.69, 9.17) is 4.74 Å². The van der Waals surface area contributed by atoms with Crippen LogP contribution in [0.3, 0.4) is 0 Å². The number of rotatable bonds is 5. The van der Waals surface area contributed by atoms with Crippen molar-refractivity contribution in [2.24, 2.45) is 0 Å². The van der Waals surface area contributed by atoms with Crippen LogP contribution in [0.4, 0.5) is 0 Å². The lowest BCUT2D eigenvalue weighted by atomic mass is 10.0. The molecule has 0 amide bonds. The van der Waals surface area contributed by atoms with Gasteiger partial charge in [-0.05, 0) is 67.6 Å². The van der Waals surface area contributed by atoms with Gasteiger partial charge in [0.1, 0.15) is 0 Å². The number of ketones is 1. The highest BCUT2D eigenvalue weighted by atomic mass is 32.2. The minimum Gasteiger partial charge on any atom is -0.451 e. The summed E-state index contributed by atoms with van der Waals surface area (Å²) in [6, 6.07) is 11.1. The zero-order chi connectivity index (χ0) is 18.9. The second kappa shape index (κ2) is 7.03. The molecule has 6 heteroatoms. The SMILES string of the molecule is C[C@H](OC(=O)c1ccc(S(C)(=O)=O)cc1)C(=O)c1ccc2c(c1)CCC2. The topological polar surface area (TPSA) is 77.5 Å². The first kappa shape index (κ1) is 18.3. The normalized spacial score (nSPS) is 14.5. The molecule has 0 aliphatic heterocycles. The molecule has 0 unspecified atom stereocenters. The molecule has 26 heavy (non-hydrogen) atoms. The Morgan fingerprint density at radius 3 is 2.23 bits per heavy atom. The first-order valence-electron chi connectivity index (χ1n) is 8.43. The minimum atomic E-state index is -3.33. The molecule has 1 aliphatic carbocycles. The summed E-state index contributed by atoms with van der Waals surface area (Å²) in [6.07, 6.45) is 3.28. The summed E-state index contributed by atoms with van der Waals surface area (Å²) in [6.45, 7) is 1.54. The average Bonchev–Trinajstić information content (AvgIpc) is 3.08. The van der Waals surface area contributed by atoms with Crippen molar-refractivity contribution >= 4 is 21.6 Å². The van der Waals surface area contributed by atoms with E-state index in [1.165, 1.54) is 35.4 Å². The van der Waals surface area contributed by atoms with Gasteiger partial charge in [-0.25, -0.2) is 13.2 Å². The molecule has 0 spiro atoms. The Kier molecular flexibility index (Phi) is 4.96. The largest absolute Gasteiger partial charge is 0.451 e. The summed E-state index contributed by atoms with van der Waals surface area (Å²) in [5.74, 6) is -0.909. The van der Waals surface area contributed by atoms with Gasteiger partial charge in [-0.2, -0.15) is 0 Å². The van der Waals surface area contributed by atoms with Gasteiger partial charge >= 0.3 is 5.97 Å². The molecule has 1 atom stereocenters. The van der Waals surface area contributed by atoms with Crippen LogP contribution in [0.1, 0.15) is 45.2 Å². The van der Waals surface area contributed by atoms with Gasteiger partial charge < -0.3 is 4.74 Å². The van der Waals surface area contributed by atoms with Crippen LogP contribution in [0.2, 0.25) is 0 Å². The molecule has 0 aromatic heterocycles. The van der Waals surface area contributed by atoms with Crippen molar-refractivity contribution in [2.75, 3.05) is 6.26 Å². The Balaban J connectivity index is 1.69. The van der Waals surface area contributed by atoms with E-state index in [1.807, 2.05) is 12.1 Å². The summed E-state index contributed by atoms with van der Waals surface area (Å²) in [7, 11) is -3.33. The summed E-state index contributed by atoms with van der Waals surface area (Å²) in [4.78, 5) is 24.9. The molecule has 3 rings (SSSR count). The number of benzene rings is 2. The fourth-order valence-corrected chi connectivity index (χ4v) is 3.71. The molecule has 0 radical (unpaired) electrons. The zero-order valence-electron chi connectivity index (χ0n) is 14.7. The molecule has 2 aromatic carbocycles. The van der Waals surface area contributed by atoms with Crippen molar-refractivity contribution in [3.05, 3.63) is 64.7 Å². The van der Waals surface area contributed by atoms with Crippen LogP contribution < -0.4 is 0 Å². The average molecular weight is 372 g/mol. The van der Waals surface area contributed by atoms with Crippen LogP contribution in [0.25, 0.3) is 0 Å². The Bertz CT molecular complexity index is 958. The van der Waals surface area contributed by atoms with Gasteiger partial charge in [0.05, 0.1) is 10.5 Å². The van der Waals surface area contributed by atoms with Crippen LogP contribution in [0, 0.1) is 0 Å². The maximum Gasteiger partial charge on any atom is 0.338 e. The van der Waals surface area contributed by atoms with Crippen molar-refractivity contribution in [3.63, 3.8) is 0 Å².